The van der Waals surface area contributed by atoms with Crippen molar-refractivity contribution in [2.45, 2.75) is 95.0 Å². The summed E-state index contributed by atoms with van der Waals surface area (Å²) in [6.45, 7) is 6.49. The number of carbonyl (C=O) groups excluding carboxylic acids is 1. The highest BCUT2D eigenvalue weighted by molar-refractivity contribution is 5.79. The Kier molecular flexibility index (Phi) is 4.74. The van der Waals surface area contributed by atoms with Crippen molar-refractivity contribution in [1.82, 2.24) is 15.1 Å². The largest absolute Gasteiger partial charge is 0.381 e. The van der Waals surface area contributed by atoms with E-state index < -0.39 is 0 Å². The van der Waals surface area contributed by atoms with Crippen molar-refractivity contribution < 1.29 is 9.53 Å². The molecule has 3 unspecified atom stereocenters. The number of piperidine rings is 1. The molecule has 2 aliphatic heterocycles. The maximum absolute atomic E-state index is 13.4. The van der Waals surface area contributed by atoms with Crippen LogP contribution >= 0.6 is 0 Å². The Morgan fingerprint density at radius 1 is 1.16 bits per heavy atom. The summed E-state index contributed by atoms with van der Waals surface area (Å²) in [5.74, 6) is 0.756. The molecule has 4 rings (SSSR count). The minimum absolute atomic E-state index is 0.0655. The third-order valence-electron chi connectivity index (χ3n) is 7.33. The molecule has 2 saturated carbocycles. The Morgan fingerprint density at radius 2 is 1.92 bits per heavy atom. The second kappa shape index (κ2) is 6.73. The molecule has 2 aliphatic carbocycles. The second-order valence-electron chi connectivity index (χ2n) is 9.14. The van der Waals surface area contributed by atoms with Crippen LogP contribution < -0.4 is 5.32 Å². The lowest BCUT2D eigenvalue weighted by Crippen LogP contribution is -2.49. The van der Waals surface area contributed by atoms with Crippen LogP contribution in [0.25, 0.3) is 0 Å². The topological polar surface area (TPSA) is 44.8 Å². The predicted molar refractivity (Wildman–Crippen MR) is 98.6 cm³/mol. The van der Waals surface area contributed by atoms with E-state index in [1.54, 1.807) is 0 Å². The summed E-state index contributed by atoms with van der Waals surface area (Å²) in [7, 11) is 1.81. The number of urea groups is 1. The molecule has 5 heteroatoms. The molecule has 1 N–H and O–H groups in total. The third-order valence-corrected chi connectivity index (χ3v) is 7.33. The second-order valence-corrected chi connectivity index (χ2v) is 9.14. The van der Waals surface area contributed by atoms with Crippen molar-refractivity contribution >= 4 is 6.03 Å². The molecule has 1 spiro atoms. The van der Waals surface area contributed by atoms with Gasteiger partial charge in [0.1, 0.15) is 0 Å². The van der Waals surface area contributed by atoms with Gasteiger partial charge in [-0.25, -0.2) is 4.79 Å². The van der Waals surface area contributed by atoms with E-state index in [0.29, 0.717) is 24.2 Å². The Balaban J connectivity index is 1.53. The van der Waals surface area contributed by atoms with Gasteiger partial charge in [-0.3, -0.25) is 0 Å². The fourth-order valence-electron chi connectivity index (χ4n) is 6.26. The maximum atomic E-state index is 13.4. The van der Waals surface area contributed by atoms with Crippen molar-refractivity contribution in [3.8, 4) is 0 Å². The fraction of sp³-hybridized carbons (Fsp3) is 0.950. The first-order valence-electron chi connectivity index (χ1n) is 10.4. The highest BCUT2D eigenvalue weighted by atomic mass is 16.5. The molecule has 0 radical (unpaired) electrons. The van der Waals surface area contributed by atoms with E-state index in [1.807, 2.05) is 7.11 Å². The van der Waals surface area contributed by atoms with Gasteiger partial charge in [-0.05, 0) is 77.7 Å². The van der Waals surface area contributed by atoms with Crippen LogP contribution in [-0.2, 0) is 4.74 Å². The minimum atomic E-state index is 0.0655. The predicted octanol–water partition coefficient (Wildman–Crippen LogP) is 2.99. The van der Waals surface area contributed by atoms with Crippen molar-refractivity contribution in [3.05, 3.63) is 0 Å². The van der Waals surface area contributed by atoms with E-state index in [0.717, 1.165) is 51.1 Å². The average molecular weight is 350 g/mol. The lowest BCUT2D eigenvalue weighted by atomic mass is 9.89. The van der Waals surface area contributed by atoms with Crippen LogP contribution in [0.3, 0.4) is 0 Å². The number of hydrogen-bond acceptors (Lipinski definition) is 3. The van der Waals surface area contributed by atoms with Crippen molar-refractivity contribution in [1.29, 1.82) is 0 Å². The SMILES string of the molecule is COC1CCC(N2CC3(CC4CCCNC4C3)N(C(C)C)C2=O)CC1. The molecule has 2 amide bonds. The summed E-state index contributed by atoms with van der Waals surface area (Å²) in [6.07, 6.45) is 9.72. The van der Waals surface area contributed by atoms with Gasteiger partial charge >= 0.3 is 6.03 Å². The van der Waals surface area contributed by atoms with Crippen LogP contribution in [0.1, 0.15) is 65.2 Å². The van der Waals surface area contributed by atoms with Gasteiger partial charge in [0.25, 0.3) is 0 Å². The summed E-state index contributed by atoms with van der Waals surface area (Å²) < 4.78 is 5.52. The van der Waals surface area contributed by atoms with E-state index in [4.69, 9.17) is 4.74 Å². The molecule has 3 atom stereocenters. The van der Waals surface area contributed by atoms with Crippen molar-refractivity contribution in [3.63, 3.8) is 0 Å². The number of hydrogen-bond donors (Lipinski definition) is 1. The number of nitrogens with zero attached hydrogens (tertiary/aromatic N) is 2. The van der Waals surface area contributed by atoms with E-state index in [9.17, 15) is 4.79 Å². The number of amides is 2. The van der Waals surface area contributed by atoms with Crippen LogP contribution in [0.4, 0.5) is 4.79 Å². The van der Waals surface area contributed by atoms with Crippen molar-refractivity contribution in [2.24, 2.45) is 5.92 Å². The number of nitrogens with one attached hydrogen (secondary N) is 1. The van der Waals surface area contributed by atoms with Crippen LogP contribution in [0.5, 0.6) is 0 Å². The molecule has 2 heterocycles. The van der Waals surface area contributed by atoms with Gasteiger partial charge in [-0.15, -0.1) is 0 Å². The molecular weight excluding hydrogens is 314 g/mol. The first-order valence-corrected chi connectivity index (χ1v) is 10.4. The first-order chi connectivity index (χ1) is 12.0. The molecule has 0 aromatic rings. The Labute approximate surface area is 152 Å². The summed E-state index contributed by atoms with van der Waals surface area (Å²) in [5.41, 5.74) is 0.0655. The van der Waals surface area contributed by atoms with E-state index >= 15 is 0 Å². The van der Waals surface area contributed by atoms with Gasteiger partial charge in [-0.1, -0.05) is 0 Å². The van der Waals surface area contributed by atoms with Crippen molar-refractivity contribution in [2.75, 3.05) is 20.2 Å². The molecule has 142 valence electrons. The Bertz CT molecular complexity index is 487. The number of rotatable bonds is 3. The summed E-state index contributed by atoms with van der Waals surface area (Å²) in [4.78, 5) is 17.9. The zero-order valence-corrected chi connectivity index (χ0v) is 16.2. The van der Waals surface area contributed by atoms with Crippen LogP contribution in [0.2, 0.25) is 0 Å². The van der Waals surface area contributed by atoms with Crippen LogP contribution in [0, 0.1) is 5.92 Å². The van der Waals surface area contributed by atoms with Gasteiger partial charge in [0.15, 0.2) is 0 Å². The zero-order chi connectivity index (χ0) is 17.6. The van der Waals surface area contributed by atoms with Crippen LogP contribution in [0.15, 0.2) is 0 Å². The number of carbonyl (C=O) groups is 1. The minimum Gasteiger partial charge on any atom is -0.381 e. The quantitative estimate of drug-likeness (QED) is 0.852. The number of ether oxygens (including phenoxy) is 1. The molecule has 0 aromatic heterocycles. The van der Waals surface area contributed by atoms with Gasteiger partial charge in [0.2, 0.25) is 0 Å². The highest BCUT2D eigenvalue weighted by Gasteiger charge is 2.58. The molecule has 0 aromatic carbocycles. The Hall–Kier alpha value is -0.810. The van der Waals surface area contributed by atoms with E-state index in [2.05, 4.69) is 29.0 Å². The normalized spacial score (nSPS) is 41.8. The van der Waals surface area contributed by atoms with Crippen LogP contribution in [-0.4, -0.2) is 65.8 Å². The monoisotopic (exact) mass is 349 g/mol. The zero-order valence-electron chi connectivity index (χ0n) is 16.2. The van der Waals surface area contributed by atoms with Gasteiger partial charge in [0, 0.05) is 31.8 Å². The Morgan fingerprint density at radius 3 is 2.56 bits per heavy atom. The highest BCUT2D eigenvalue weighted by Crippen LogP contribution is 2.48. The molecule has 0 bridgehead atoms. The summed E-state index contributed by atoms with van der Waals surface area (Å²) in [6, 6.07) is 1.62. The molecule has 4 aliphatic rings. The summed E-state index contributed by atoms with van der Waals surface area (Å²) in [5, 5.41) is 3.74. The van der Waals surface area contributed by atoms with E-state index in [-0.39, 0.29) is 11.6 Å². The number of methoxy groups -OCH3 is 1. The number of fused-ring (bicyclic) bond motifs is 1. The maximum Gasteiger partial charge on any atom is 0.321 e. The van der Waals surface area contributed by atoms with Gasteiger partial charge in [-0.2, -0.15) is 0 Å². The van der Waals surface area contributed by atoms with Gasteiger partial charge < -0.3 is 19.9 Å². The van der Waals surface area contributed by atoms with Gasteiger partial charge in [0.05, 0.1) is 11.6 Å². The first kappa shape index (κ1) is 17.6. The molecule has 5 nitrogen and oxygen atoms in total. The molecular formula is C20H35N3O2. The molecule has 2 saturated heterocycles. The lowest BCUT2D eigenvalue weighted by molar-refractivity contribution is 0.0477. The standard InChI is InChI=1S/C20H35N3O2/c1-14(2)23-19(24)22(16-6-8-17(25-3)9-7-16)13-20(23)11-15-5-4-10-21-18(15)12-20/h14-18,21H,4-13H2,1-3H3. The fourth-order valence-corrected chi connectivity index (χ4v) is 6.26. The molecule has 25 heavy (non-hydrogen) atoms. The smallest absolute Gasteiger partial charge is 0.321 e. The molecule has 4 fully saturated rings. The van der Waals surface area contributed by atoms with E-state index in [1.165, 1.54) is 19.3 Å². The third kappa shape index (κ3) is 2.97. The average Bonchev–Trinajstić information content (AvgIpc) is 3.11. The summed E-state index contributed by atoms with van der Waals surface area (Å²) >= 11 is 0. The lowest BCUT2D eigenvalue weighted by Gasteiger charge is -2.36.